The molecule has 0 spiro atoms. The van der Waals surface area contributed by atoms with E-state index < -0.39 is 29.6 Å². The average molecular weight is 391 g/mol. The first-order valence-electron chi connectivity index (χ1n) is 7.16. The normalized spacial score (nSPS) is 13.8. The van der Waals surface area contributed by atoms with Gasteiger partial charge in [-0.25, -0.2) is 4.39 Å². The molecule has 0 fully saturated rings. The minimum absolute atomic E-state index is 0.483. The first kappa shape index (κ1) is 19.1. The number of hydrogen-bond donors (Lipinski definition) is 3. The van der Waals surface area contributed by atoms with Crippen molar-refractivity contribution in [2.24, 2.45) is 5.73 Å². The molecule has 4 nitrogen and oxygen atoms in total. The van der Waals surface area contributed by atoms with Crippen LogP contribution in [0.15, 0.2) is 35.7 Å². The van der Waals surface area contributed by atoms with Crippen LogP contribution in [0.4, 0.5) is 4.39 Å². The Morgan fingerprint density at radius 1 is 1.29 bits per heavy atom. The Kier molecular flexibility index (Phi) is 7.01. The highest BCUT2D eigenvalue weighted by atomic mass is 35.5. The van der Waals surface area contributed by atoms with Crippen LogP contribution in [0.3, 0.4) is 0 Å². The van der Waals surface area contributed by atoms with Crippen molar-refractivity contribution in [1.29, 1.82) is 0 Å². The van der Waals surface area contributed by atoms with E-state index in [4.69, 9.17) is 28.9 Å². The molecule has 130 valence electrons. The highest BCUT2D eigenvalue weighted by Crippen LogP contribution is 2.27. The predicted octanol–water partition coefficient (Wildman–Crippen LogP) is 3.17. The maximum absolute atomic E-state index is 13.1. The van der Waals surface area contributed by atoms with Crippen LogP contribution < -0.4 is 11.1 Å². The minimum Gasteiger partial charge on any atom is -0.386 e. The lowest BCUT2D eigenvalue weighted by molar-refractivity contribution is -0.121. The summed E-state index contributed by atoms with van der Waals surface area (Å²) in [5, 5.41) is 14.5. The largest absolute Gasteiger partial charge is 0.386 e. The Morgan fingerprint density at radius 2 is 1.96 bits per heavy atom. The van der Waals surface area contributed by atoms with Crippen molar-refractivity contribution in [2.45, 2.75) is 23.5 Å². The second kappa shape index (κ2) is 8.78. The fourth-order valence-corrected chi connectivity index (χ4v) is 3.09. The quantitative estimate of drug-likeness (QED) is 0.635. The van der Waals surface area contributed by atoms with Crippen LogP contribution in [-0.2, 0) is 11.3 Å². The molecule has 8 heteroatoms. The lowest BCUT2D eigenvalue weighted by Gasteiger charge is -2.22. The van der Waals surface area contributed by atoms with Gasteiger partial charge in [0.15, 0.2) is 4.84 Å². The van der Waals surface area contributed by atoms with Crippen LogP contribution in [0.1, 0.15) is 16.5 Å². The van der Waals surface area contributed by atoms with Crippen molar-refractivity contribution >= 4 is 40.4 Å². The Labute approximate surface area is 153 Å². The van der Waals surface area contributed by atoms with Crippen LogP contribution in [0, 0.1) is 0 Å². The van der Waals surface area contributed by atoms with Gasteiger partial charge in [-0.2, -0.15) is 0 Å². The predicted molar refractivity (Wildman–Crippen MR) is 96.0 cm³/mol. The molecule has 4 N–H and O–H groups in total. The number of nitrogens with one attached hydrogen (secondary N) is 1. The van der Waals surface area contributed by atoms with E-state index in [1.54, 1.807) is 23.5 Å². The SMILES string of the molecule is NCc1cc(-c2ccc([C@@H](O)[C@@H](CF)NC(=O)C(Cl)Cl)cc2)cs1. The van der Waals surface area contributed by atoms with E-state index in [2.05, 4.69) is 5.32 Å². The van der Waals surface area contributed by atoms with E-state index in [1.165, 1.54) is 0 Å². The van der Waals surface area contributed by atoms with Gasteiger partial charge in [0.25, 0.3) is 5.91 Å². The van der Waals surface area contributed by atoms with Crippen LogP contribution in [0.25, 0.3) is 11.1 Å². The Hall–Kier alpha value is -1.18. The molecule has 0 aliphatic heterocycles. The molecule has 2 rings (SSSR count). The summed E-state index contributed by atoms with van der Waals surface area (Å²) < 4.78 is 13.1. The molecule has 0 bridgehead atoms. The molecule has 0 aliphatic carbocycles. The topological polar surface area (TPSA) is 75.3 Å². The van der Waals surface area contributed by atoms with E-state index >= 15 is 0 Å². The van der Waals surface area contributed by atoms with Gasteiger partial charge in [-0.1, -0.05) is 47.5 Å². The van der Waals surface area contributed by atoms with Gasteiger partial charge in [-0.05, 0) is 28.1 Å². The van der Waals surface area contributed by atoms with Crippen molar-refractivity contribution in [3.63, 3.8) is 0 Å². The molecule has 1 aromatic carbocycles. The van der Waals surface area contributed by atoms with E-state index in [1.807, 2.05) is 23.6 Å². The number of aliphatic hydroxyl groups excluding tert-OH is 1. The number of carbonyl (C=O) groups is 1. The zero-order valence-electron chi connectivity index (χ0n) is 12.6. The molecule has 2 atom stereocenters. The summed E-state index contributed by atoms with van der Waals surface area (Å²) >= 11 is 12.4. The molecule has 24 heavy (non-hydrogen) atoms. The van der Waals surface area contributed by atoms with Gasteiger partial charge in [-0.3, -0.25) is 4.79 Å². The smallest absolute Gasteiger partial charge is 0.253 e. The van der Waals surface area contributed by atoms with E-state index in [0.717, 1.165) is 16.0 Å². The highest BCUT2D eigenvalue weighted by Gasteiger charge is 2.25. The molecule has 0 unspecified atom stereocenters. The molecule has 0 saturated heterocycles. The fraction of sp³-hybridized carbons (Fsp3) is 0.312. The van der Waals surface area contributed by atoms with Gasteiger partial charge in [0.2, 0.25) is 0 Å². The van der Waals surface area contributed by atoms with Crippen molar-refractivity contribution in [3.8, 4) is 11.1 Å². The molecule has 2 aromatic rings. The number of amides is 1. The van der Waals surface area contributed by atoms with Crippen molar-refractivity contribution in [1.82, 2.24) is 5.32 Å². The first-order chi connectivity index (χ1) is 11.5. The molecule has 1 heterocycles. The molecule has 0 saturated carbocycles. The van der Waals surface area contributed by atoms with Gasteiger partial charge in [0.1, 0.15) is 12.8 Å². The van der Waals surface area contributed by atoms with Gasteiger partial charge >= 0.3 is 0 Å². The van der Waals surface area contributed by atoms with Crippen LogP contribution >= 0.6 is 34.5 Å². The van der Waals surface area contributed by atoms with Crippen LogP contribution in [-0.4, -0.2) is 28.6 Å². The van der Waals surface area contributed by atoms with E-state index in [9.17, 15) is 14.3 Å². The Morgan fingerprint density at radius 3 is 2.46 bits per heavy atom. The summed E-state index contributed by atoms with van der Waals surface area (Å²) in [6, 6.07) is 7.91. The third-order valence-corrected chi connectivity index (χ3v) is 4.87. The van der Waals surface area contributed by atoms with Gasteiger partial charge in [-0.15, -0.1) is 11.3 Å². The maximum atomic E-state index is 13.1. The summed E-state index contributed by atoms with van der Waals surface area (Å²) in [6.45, 7) is -0.457. The summed E-state index contributed by atoms with van der Waals surface area (Å²) in [5.41, 5.74) is 8.08. The third-order valence-electron chi connectivity index (χ3n) is 3.51. The number of rotatable bonds is 7. The Balaban J connectivity index is 2.12. The number of benzene rings is 1. The molecular formula is C16H17Cl2FN2O2S. The Bertz CT molecular complexity index is 679. The van der Waals surface area contributed by atoms with Gasteiger partial charge in [0, 0.05) is 11.4 Å². The zero-order valence-corrected chi connectivity index (χ0v) is 14.9. The number of thiophene rings is 1. The second-order valence-electron chi connectivity index (χ2n) is 5.14. The summed E-state index contributed by atoms with van der Waals surface area (Å²) in [6.07, 6.45) is -1.21. The second-order valence-corrected chi connectivity index (χ2v) is 7.23. The monoisotopic (exact) mass is 390 g/mol. The number of nitrogens with two attached hydrogens (primary N) is 1. The van der Waals surface area contributed by atoms with E-state index in [-0.39, 0.29) is 0 Å². The third kappa shape index (κ3) is 4.68. The lowest BCUT2D eigenvalue weighted by atomic mass is 10.00. The summed E-state index contributed by atoms with van der Waals surface area (Å²) in [7, 11) is 0. The molecule has 1 amide bonds. The number of halogens is 3. The molecule has 0 aliphatic rings. The number of hydrogen-bond acceptors (Lipinski definition) is 4. The summed E-state index contributed by atoms with van der Waals surface area (Å²) in [5.74, 6) is -0.746. The maximum Gasteiger partial charge on any atom is 0.253 e. The van der Waals surface area contributed by atoms with Crippen molar-refractivity contribution < 1.29 is 14.3 Å². The lowest BCUT2D eigenvalue weighted by Crippen LogP contribution is -2.43. The number of carbonyl (C=O) groups excluding carboxylic acids is 1. The highest BCUT2D eigenvalue weighted by molar-refractivity contribution is 7.10. The van der Waals surface area contributed by atoms with Crippen molar-refractivity contribution in [2.75, 3.05) is 6.67 Å². The van der Waals surface area contributed by atoms with Crippen LogP contribution in [0.5, 0.6) is 0 Å². The average Bonchev–Trinajstić information content (AvgIpc) is 3.08. The number of alkyl halides is 3. The fourth-order valence-electron chi connectivity index (χ4n) is 2.19. The van der Waals surface area contributed by atoms with Crippen LogP contribution in [0.2, 0.25) is 0 Å². The van der Waals surface area contributed by atoms with Gasteiger partial charge in [0.05, 0.1) is 6.04 Å². The standard InChI is InChI=1S/C16H17Cl2FN2O2S/c17-15(18)16(23)21-13(6-19)14(22)10-3-1-9(2-4-10)11-5-12(7-20)24-8-11/h1-5,8,13-15,22H,6-7,20H2,(H,21,23)/t13-,14-/m1/s1. The first-order valence-corrected chi connectivity index (χ1v) is 8.92. The summed E-state index contributed by atoms with van der Waals surface area (Å²) in [4.78, 5) is 11.2. The molecular weight excluding hydrogens is 374 g/mol. The minimum atomic E-state index is -1.32. The van der Waals surface area contributed by atoms with Crippen molar-refractivity contribution in [3.05, 3.63) is 46.2 Å². The molecule has 1 aromatic heterocycles. The zero-order chi connectivity index (χ0) is 17.7. The number of aliphatic hydroxyl groups is 1. The molecule has 0 radical (unpaired) electrons. The van der Waals surface area contributed by atoms with E-state index in [0.29, 0.717) is 12.1 Å². The van der Waals surface area contributed by atoms with Gasteiger partial charge < -0.3 is 16.2 Å².